The summed E-state index contributed by atoms with van der Waals surface area (Å²) >= 11 is 5.55. The van der Waals surface area contributed by atoms with Gasteiger partial charge in [-0.25, -0.2) is 0 Å². The van der Waals surface area contributed by atoms with Gasteiger partial charge in [0.15, 0.2) is 4.77 Å². The molecule has 0 saturated heterocycles. The van der Waals surface area contributed by atoms with Gasteiger partial charge in [0, 0.05) is 12.8 Å². The number of aromatic nitrogens is 2. The number of methoxy groups -OCH3 is 1. The van der Waals surface area contributed by atoms with E-state index >= 15 is 0 Å². The smallest absolute Gasteiger partial charge is 0.224 e. The third kappa shape index (κ3) is 3.34. The Morgan fingerprint density at radius 3 is 2.40 bits per heavy atom. The van der Waals surface area contributed by atoms with Crippen LogP contribution >= 0.6 is 12.2 Å². The molecule has 0 aliphatic rings. The van der Waals surface area contributed by atoms with Gasteiger partial charge < -0.3 is 19.8 Å². The van der Waals surface area contributed by atoms with Crippen molar-refractivity contribution in [1.82, 2.24) is 9.13 Å². The highest BCUT2D eigenvalue weighted by Crippen LogP contribution is 2.24. The van der Waals surface area contributed by atoms with E-state index in [1.807, 2.05) is 54.6 Å². The standard InChI is InChI=1S/C19H19N3O2S/c1-24-16-9-7-14(8-10-16)11-12-21-17(13-20)18(23)22(19(21)25)15-5-3-2-4-6-15/h2-10,13,20,23H,11-12H2,1H3. The minimum atomic E-state index is -0.0130. The van der Waals surface area contributed by atoms with Gasteiger partial charge in [-0.2, -0.15) is 0 Å². The van der Waals surface area contributed by atoms with Gasteiger partial charge in [-0.15, -0.1) is 0 Å². The van der Waals surface area contributed by atoms with Crippen molar-refractivity contribution in [3.63, 3.8) is 0 Å². The maximum atomic E-state index is 10.5. The molecule has 2 N–H and O–H groups in total. The van der Waals surface area contributed by atoms with E-state index < -0.39 is 0 Å². The number of benzene rings is 2. The van der Waals surface area contributed by atoms with E-state index in [1.54, 1.807) is 16.2 Å². The van der Waals surface area contributed by atoms with Gasteiger partial charge in [-0.1, -0.05) is 30.3 Å². The lowest BCUT2D eigenvalue weighted by atomic mass is 10.1. The maximum Gasteiger partial charge on any atom is 0.224 e. The van der Waals surface area contributed by atoms with Crippen molar-refractivity contribution < 1.29 is 9.84 Å². The lowest BCUT2D eigenvalue weighted by Crippen LogP contribution is -2.06. The number of hydrogen-bond acceptors (Lipinski definition) is 4. The van der Waals surface area contributed by atoms with Crippen LogP contribution in [0, 0.1) is 10.2 Å². The number of ether oxygens (including phenoxy) is 1. The Morgan fingerprint density at radius 2 is 1.80 bits per heavy atom. The molecule has 0 unspecified atom stereocenters. The van der Waals surface area contributed by atoms with Crippen LogP contribution in [0.15, 0.2) is 54.6 Å². The minimum Gasteiger partial charge on any atom is -0.497 e. The molecule has 1 aromatic heterocycles. The molecular weight excluding hydrogens is 334 g/mol. The van der Waals surface area contributed by atoms with E-state index in [4.69, 9.17) is 22.4 Å². The van der Waals surface area contributed by atoms with Crippen molar-refractivity contribution in [3.8, 4) is 17.3 Å². The summed E-state index contributed by atoms with van der Waals surface area (Å²) in [5, 5.41) is 18.2. The first-order chi connectivity index (χ1) is 12.2. The van der Waals surface area contributed by atoms with E-state index in [0.717, 1.165) is 29.6 Å². The van der Waals surface area contributed by atoms with Crippen LogP contribution in [0.25, 0.3) is 5.69 Å². The van der Waals surface area contributed by atoms with Gasteiger partial charge in [-0.3, -0.25) is 4.57 Å². The van der Waals surface area contributed by atoms with Crippen molar-refractivity contribution in [1.29, 1.82) is 5.41 Å². The predicted molar refractivity (Wildman–Crippen MR) is 101 cm³/mol. The monoisotopic (exact) mass is 353 g/mol. The first-order valence-electron chi connectivity index (χ1n) is 7.89. The van der Waals surface area contributed by atoms with Gasteiger partial charge >= 0.3 is 0 Å². The van der Waals surface area contributed by atoms with Gasteiger partial charge in [-0.05, 0) is 48.5 Å². The van der Waals surface area contributed by atoms with Crippen molar-refractivity contribution in [3.05, 3.63) is 70.6 Å². The summed E-state index contributed by atoms with van der Waals surface area (Å²) in [6.07, 6.45) is 1.87. The fraction of sp³-hybridized carbons (Fsp3) is 0.158. The van der Waals surface area contributed by atoms with Crippen LogP contribution < -0.4 is 4.74 Å². The molecule has 0 atom stereocenters. The highest BCUT2D eigenvalue weighted by Gasteiger charge is 2.16. The van der Waals surface area contributed by atoms with Crippen LogP contribution in [0.5, 0.6) is 11.6 Å². The summed E-state index contributed by atoms with van der Waals surface area (Å²) in [5.41, 5.74) is 2.31. The highest BCUT2D eigenvalue weighted by atomic mass is 32.1. The van der Waals surface area contributed by atoms with Crippen molar-refractivity contribution in [2.75, 3.05) is 7.11 Å². The Hall–Kier alpha value is -2.86. The normalized spacial score (nSPS) is 10.6. The number of rotatable bonds is 6. The molecule has 0 radical (unpaired) electrons. The number of hydrogen-bond donors (Lipinski definition) is 2. The fourth-order valence-corrected chi connectivity index (χ4v) is 3.13. The zero-order chi connectivity index (χ0) is 17.8. The molecule has 25 heavy (non-hydrogen) atoms. The summed E-state index contributed by atoms with van der Waals surface area (Å²) in [5.74, 6) is 0.800. The van der Waals surface area contributed by atoms with Crippen LogP contribution in [-0.2, 0) is 13.0 Å². The van der Waals surface area contributed by atoms with E-state index in [2.05, 4.69) is 0 Å². The molecule has 0 spiro atoms. The maximum absolute atomic E-state index is 10.5. The lowest BCUT2D eigenvalue weighted by Gasteiger charge is -2.06. The second-order valence-corrected chi connectivity index (χ2v) is 5.92. The average molecular weight is 353 g/mol. The largest absolute Gasteiger partial charge is 0.497 e. The van der Waals surface area contributed by atoms with Gasteiger partial charge in [0.2, 0.25) is 5.88 Å². The topological polar surface area (TPSA) is 63.2 Å². The average Bonchev–Trinajstić information content (AvgIpc) is 2.90. The van der Waals surface area contributed by atoms with Gasteiger partial charge in [0.25, 0.3) is 0 Å². The summed E-state index contributed by atoms with van der Waals surface area (Å²) in [6, 6.07) is 17.2. The second kappa shape index (κ2) is 7.36. The number of nitrogens with one attached hydrogen (secondary N) is 1. The van der Waals surface area contributed by atoms with Gasteiger partial charge in [0.1, 0.15) is 11.4 Å². The Kier molecular flexibility index (Phi) is 5.00. The minimum absolute atomic E-state index is 0.0130. The molecular formula is C19H19N3O2S. The molecule has 0 aliphatic heterocycles. The molecule has 0 bridgehead atoms. The fourth-order valence-electron chi connectivity index (χ4n) is 2.75. The van der Waals surface area contributed by atoms with Crippen LogP contribution in [0.2, 0.25) is 0 Å². The lowest BCUT2D eigenvalue weighted by molar-refractivity contribution is 0.414. The van der Waals surface area contributed by atoms with Crippen molar-refractivity contribution >= 4 is 18.4 Å². The number of aromatic hydroxyl groups is 1. The molecule has 0 aliphatic carbocycles. The third-order valence-corrected chi connectivity index (χ3v) is 4.49. The zero-order valence-electron chi connectivity index (χ0n) is 13.8. The molecule has 2 aromatic carbocycles. The molecule has 1 heterocycles. The summed E-state index contributed by atoms with van der Waals surface area (Å²) < 4.78 is 9.01. The molecule has 128 valence electrons. The van der Waals surface area contributed by atoms with Crippen LogP contribution in [-0.4, -0.2) is 27.6 Å². The van der Waals surface area contributed by atoms with E-state index in [0.29, 0.717) is 17.0 Å². The molecule has 6 heteroatoms. The van der Waals surface area contributed by atoms with Crippen molar-refractivity contribution in [2.45, 2.75) is 13.0 Å². The highest BCUT2D eigenvalue weighted by molar-refractivity contribution is 7.71. The Bertz CT molecular complexity index is 928. The summed E-state index contributed by atoms with van der Waals surface area (Å²) in [6.45, 7) is 0.573. The zero-order valence-corrected chi connectivity index (χ0v) is 14.7. The molecule has 0 fully saturated rings. The Balaban J connectivity index is 1.93. The number of aryl methyl sites for hydroxylation is 1. The number of para-hydroxylation sites is 1. The van der Waals surface area contributed by atoms with Crippen LogP contribution in [0.1, 0.15) is 11.3 Å². The molecule has 3 aromatic rings. The SMILES string of the molecule is COc1ccc(CCn2c(C=N)c(O)n(-c3ccccc3)c2=S)cc1. The van der Waals surface area contributed by atoms with E-state index in [1.165, 1.54) is 0 Å². The first-order valence-corrected chi connectivity index (χ1v) is 8.30. The van der Waals surface area contributed by atoms with Crippen LogP contribution in [0.3, 0.4) is 0 Å². The summed E-state index contributed by atoms with van der Waals surface area (Å²) in [7, 11) is 1.64. The molecule has 0 saturated carbocycles. The quantitative estimate of drug-likeness (QED) is 0.521. The summed E-state index contributed by atoms with van der Waals surface area (Å²) in [4.78, 5) is 0. The van der Waals surface area contributed by atoms with E-state index in [9.17, 15) is 5.11 Å². The Morgan fingerprint density at radius 1 is 1.12 bits per heavy atom. The van der Waals surface area contributed by atoms with E-state index in [-0.39, 0.29) is 5.88 Å². The second-order valence-electron chi connectivity index (χ2n) is 5.56. The Labute approximate surface area is 151 Å². The number of nitrogens with zero attached hydrogens (tertiary/aromatic N) is 2. The number of imidazole rings is 1. The molecule has 3 rings (SSSR count). The predicted octanol–water partition coefficient (Wildman–Crippen LogP) is 3.96. The first kappa shape index (κ1) is 17.0. The van der Waals surface area contributed by atoms with Crippen molar-refractivity contribution in [2.24, 2.45) is 0 Å². The van der Waals surface area contributed by atoms with Gasteiger partial charge in [0.05, 0.1) is 12.8 Å². The third-order valence-electron chi connectivity index (χ3n) is 4.09. The van der Waals surface area contributed by atoms with Crippen LogP contribution in [0.4, 0.5) is 0 Å². The molecule has 0 amide bonds. The molecule has 5 nitrogen and oxygen atoms in total.